The molecule has 3 rings (SSSR count). The summed E-state index contributed by atoms with van der Waals surface area (Å²) < 4.78 is 28.8. The molecule has 0 heterocycles. The molecular formula is C30H35Cl2N3O4S. The highest BCUT2D eigenvalue weighted by Gasteiger charge is 2.34. The highest BCUT2D eigenvalue weighted by atomic mass is 35.5. The third kappa shape index (κ3) is 7.77. The highest BCUT2D eigenvalue weighted by molar-refractivity contribution is 7.92. The Kier molecular flexibility index (Phi) is 9.93. The summed E-state index contributed by atoms with van der Waals surface area (Å²) >= 11 is 12.7. The molecule has 1 N–H and O–H groups in total. The minimum Gasteiger partial charge on any atom is -0.350 e. The molecule has 0 aromatic heterocycles. The zero-order valence-corrected chi connectivity index (χ0v) is 25.9. The van der Waals surface area contributed by atoms with E-state index in [-0.39, 0.29) is 33.1 Å². The van der Waals surface area contributed by atoms with Gasteiger partial charge in [-0.25, -0.2) is 8.42 Å². The van der Waals surface area contributed by atoms with E-state index >= 15 is 0 Å². The summed E-state index contributed by atoms with van der Waals surface area (Å²) in [5.41, 5.74) is 2.18. The van der Waals surface area contributed by atoms with E-state index in [1.165, 1.54) is 35.2 Å². The number of anilines is 1. The molecule has 2 amide bonds. The maximum absolute atomic E-state index is 14.0. The number of aryl methyl sites for hydroxylation is 2. The van der Waals surface area contributed by atoms with Crippen LogP contribution in [0.25, 0.3) is 0 Å². The van der Waals surface area contributed by atoms with E-state index in [0.29, 0.717) is 0 Å². The Hall–Kier alpha value is -3.07. The van der Waals surface area contributed by atoms with Gasteiger partial charge in [0, 0.05) is 17.1 Å². The van der Waals surface area contributed by atoms with Crippen molar-refractivity contribution in [1.82, 2.24) is 10.2 Å². The number of carbonyl (C=O) groups is 2. The minimum atomic E-state index is -4.25. The summed E-state index contributed by atoms with van der Waals surface area (Å²) in [7, 11) is -4.25. The normalized spacial score (nSPS) is 12.5. The van der Waals surface area contributed by atoms with Crippen molar-refractivity contribution < 1.29 is 18.0 Å². The predicted molar refractivity (Wildman–Crippen MR) is 161 cm³/mol. The van der Waals surface area contributed by atoms with E-state index in [1.54, 1.807) is 19.1 Å². The van der Waals surface area contributed by atoms with Gasteiger partial charge in [-0.3, -0.25) is 13.9 Å². The Labute approximate surface area is 247 Å². The van der Waals surface area contributed by atoms with Crippen molar-refractivity contribution in [2.24, 2.45) is 0 Å². The standard InChI is InChI=1S/C30H35Cl2N3O4S/c1-20-11-14-25(15-12-20)40(38,39)35(27-17-24(31)13-16-26(27)32)19-28(36)34(18-23-10-8-7-9-21(23)2)22(3)29(37)33-30(4,5)6/h7-17,22H,18-19H2,1-6H3,(H,33,37). The van der Waals surface area contributed by atoms with Gasteiger partial charge in [0.2, 0.25) is 11.8 Å². The molecule has 1 atom stereocenters. The van der Waals surface area contributed by atoms with Crippen LogP contribution < -0.4 is 9.62 Å². The van der Waals surface area contributed by atoms with Crippen LogP contribution in [0.2, 0.25) is 10.0 Å². The Bertz CT molecular complexity index is 1490. The molecule has 0 saturated heterocycles. The van der Waals surface area contributed by atoms with Crippen LogP contribution in [0.1, 0.15) is 44.4 Å². The van der Waals surface area contributed by atoms with Crippen LogP contribution in [0.4, 0.5) is 5.69 Å². The van der Waals surface area contributed by atoms with E-state index in [9.17, 15) is 18.0 Å². The van der Waals surface area contributed by atoms with E-state index in [2.05, 4.69) is 5.32 Å². The minimum absolute atomic E-state index is 0.00841. The van der Waals surface area contributed by atoms with Gasteiger partial charge in [0.1, 0.15) is 12.6 Å². The van der Waals surface area contributed by atoms with Gasteiger partial charge in [-0.15, -0.1) is 0 Å². The largest absolute Gasteiger partial charge is 0.350 e. The highest BCUT2D eigenvalue weighted by Crippen LogP contribution is 2.33. The molecule has 0 aliphatic carbocycles. The number of nitrogens with zero attached hydrogens (tertiary/aromatic N) is 2. The fraction of sp³-hybridized carbons (Fsp3) is 0.333. The van der Waals surface area contributed by atoms with Crippen molar-refractivity contribution in [3.05, 3.63) is 93.5 Å². The van der Waals surface area contributed by atoms with Gasteiger partial charge < -0.3 is 10.2 Å². The summed E-state index contributed by atoms with van der Waals surface area (Å²) in [4.78, 5) is 28.6. The number of rotatable bonds is 9. The summed E-state index contributed by atoms with van der Waals surface area (Å²) in [6.45, 7) is 10.4. The number of hydrogen-bond donors (Lipinski definition) is 1. The summed E-state index contributed by atoms with van der Waals surface area (Å²) in [6, 6.07) is 17.4. The van der Waals surface area contributed by atoms with Gasteiger partial charge in [-0.05, 0) is 83.0 Å². The number of carbonyl (C=O) groups excluding carboxylic acids is 2. The fourth-order valence-corrected chi connectivity index (χ4v) is 5.92. The molecular weight excluding hydrogens is 569 g/mol. The predicted octanol–water partition coefficient (Wildman–Crippen LogP) is 6.14. The number of halogens is 2. The second-order valence-electron chi connectivity index (χ2n) is 10.8. The van der Waals surface area contributed by atoms with Crippen molar-refractivity contribution in [3.63, 3.8) is 0 Å². The molecule has 3 aromatic carbocycles. The van der Waals surface area contributed by atoms with Crippen molar-refractivity contribution in [3.8, 4) is 0 Å². The first kappa shape index (κ1) is 31.5. The Morgan fingerprint density at radius 2 is 1.57 bits per heavy atom. The van der Waals surface area contributed by atoms with E-state index in [4.69, 9.17) is 23.2 Å². The van der Waals surface area contributed by atoms with Gasteiger partial charge in [0.15, 0.2) is 0 Å². The lowest BCUT2D eigenvalue weighted by atomic mass is 10.1. The third-order valence-electron chi connectivity index (χ3n) is 6.33. The molecule has 0 aliphatic heterocycles. The van der Waals surface area contributed by atoms with E-state index < -0.39 is 34.1 Å². The lowest BCUT2D eigenvalue weighted by Crippen LogP contribution is -2.54. The number of sulfonamides is 1. The van der Waals surface area contributed by atoms with Crippen LogP contribution in [0.5, 0.6) is 0 Å². The number of hydrogen-bond acceptors (Lipinski definition) is 4. The Morgan fingerprint density at radius 3 is 2.17 bits per heavy atom. The van der Waals surface area contributed by atoms with Gasteiger partial charge >= 0.3 is 0 Å². The Morgan fingerprint density at radius 1 is 0.950 bits per heavy atom. The van der Waals surface area contributed by atoms with Crippen molar-refractivity contribution in [2.75, 3.05) is 10.8 Å². The first-order valence-corrected chi connectivity index (χ1v) is 15.0. The maximum atomic E-state index is 14.0. The summed E-state index contributed by atoms with van der Waals surface area (Å²) in [5.74, 6) is -0.935. The van der Waals surface area contributed by atoms with E-state index in [0.717, 1.165) is 21.0 Å². The average molecular weight is 605 g/mol. The molecule has 0 spiro atoms. The fourth-order valence-electron chi connectivity index (χ4n) is 4.06. The second-order valence-corrected chi connectivity index (χ2v) is 13.5. The topological polar surface area (TPSA) is 86.8 Å². The number of nitrogens with one attached hydrogen (secondary N) is 1. The first-order valence-electron chi connectivity index (χ1n) is 12.8. The monoisotopic (exact) mass is 603 g/mol. The van der Waals surface area contributed by atoms with Crippen LogP contribution in [-0.4, -0.2) is 43.3 Å². The van der Waals surface area contributed by atoms with Crippen molar-refractivity contribution in [1.29, 1.82) is 0 Å². The molecule has 0 saturated carbocycles. The van der Waals surface area contributed by atoms with Crippen LogP contribution >= 0.6 is 23.2 Å². The smallest absolute Gasteiger partial charge is 0.264 e. The van der Waals surface area contributed by atoms with Gasteiger partial charge in [0.05, 0.1) is 15.6 Å². The molecule has 40 heavy (non-hydrogen) atoms. The van der Waals surface area contributed by atoms with Gasteiger partial charge in [-0.2, -0.15) is 0 Å². The molecule has 10 heteroatoms. The zero-order valence-electron chi connectivity index (χ0n) is 23.5. The van der Waals surface area contributed by atoms with E-state index in [1.807, 2.05) is 58.9 Å². The molecule has 1 unspecified atom stereocenters. The molecule has 0 radical (unpaired) electrons. The lowest BCUT2D eigenvalue weighted by Gasteiger charge is -2.34. The third-order valence-corrected chi connectivity index (χ3v) is 8.66. The number of amides is 2. The molecule has 214 valence electrons. The Balaban J connectivity index is 2.09. The average Bonchev–Trinajstić information content (AvgIpc) is 2.87. The van der Waals surface area contributed by atoms with Crippen molar-refractivity contribution in [2.45, 2.75) is 64.6 Å². The quantitative estimate of drug-likeness (QED) is 0.318. The van der Waals surface area contributed by atoms with Crippen LogP contribution in [0.3, 0.4) is 0 Å². The van der Waals surface area contributed by atoms with Gasteiger partial charge in [0.25, 0.3) is 10.0 Å². The molecule has 0 aliphatic rings. The summed E-state index contributed by atoms with van der Waals surface area (Å²) in [6.07, 6.45) is 0. The SMILES string of the molecule is Cc1ccc(S(=O)(=O)N(CC(=O)N(Cc2ccccc2C)C(C)C(=O)NC(C)(C)C)c2cc(Cl)ccc2Cl)cc1. The molecule has 7 nitrogen and oxygen atoms in total. The number of benzene rings is 3. The zero-order chi connectivity index (χ0) is 29.8. The summed E-state index contributed by atoms with van der Waals surface area (Å²) in [5, 5.41) is 3.28. The first-order chi connectivity index (χ1) is 18.6. The molecule has 0 fully saturated rings. The maximum Gasteiger partial charge on any atom is 0.264 e. The lowest BCUT2D eigenvalue weighted by molar-refractivity contribution is -0.140. The van der Waals surface area contributed by atoms with Crippen LogP contribution in [0.15, 0.2) is 71.6 Å². The van der Waals surface area contributed by atoms with Crippen molar-refractivity contribution >= 4 is 50.7 Å². The van der Waals surface area contributed by atoms with Crippen LogP contribution in [-0.2, 0) is 26.2 Å². The van der Waals surface area contributed by atoms with Crippen LogP contribution in [0, 0.1) is 13.8 Å². The molecule has 0 bridgehead atoms. The second kappa shape index (κ2) is 12.6. The van der Waals surface area contributed by atoms with Gasteiger partial charge in [-0.1, -0.05) is 65.2 Å². The molecule has 3 aromatic rings.